The number of ether oxygens (including phenoxy) is 2. The Kier molecular flexibility index (Phi) is 4.04. The lowest BCUT2D eigenvalue weighted by atomic mass is 9.94. The first-order chi connectivity index (χ1) is 12.6. The fourth-order valence-electron chi connectivity index (χ4n) is 2.97. The Morgan fingerprint density at radius 3 is 2.54 bits per heavy atom. The minimum absolute atomic E-state index is 0.234. The third-order valence-corrected chi connectivity index (χ3v) is 4.26. The predicted octanol–water partition coefficient (Wildman–Crippen LogP) is 2.94. The van der Waals surface area contributed by atoms with Gasteiger partial charge >= 0.3 is 6.03 Å². The van der Waals surface area contributed by atoms with Crippen LogP contribution in [0.5, 0.6) is 11.5 Å². The van der Waals surface area contributed by atoms with Gasteiger partial charge in [-0.05, 0) is 36.8 Å². The monoisotopic (exact) mass is 350 g/mol. The van der Waals surface area contributed by atoms with E-state index in [-0.39, 0.29) is 12.8 Å². The summed E-state index contributed by atoms with van der Waals surface area (Å²) in [5.41, 5.74) is 5.37. The minimum Gasteiger partial charge on any atom is -0.454 e. The maximum Gasteiger partial charge on any atom is 0.318 e. The van der Waals surface area contributed by atoms with Gasteiger partial charge in [-0.1, -0.05) is 12.1 Å². The number of urea groups is 1. The summed E-state index contributed by atoms with van der Waals surface area (Å²) in [5, 5.41) is 14.0. The van der Waals surface area contributed by atoms with Crippen LogP contribution in [0.15, 0.2) is 46.6 Å². The topological polar surface area (TPSA) is 84.3 Å². The van der Waals surface area contributed by atoms with E-state index < -0.39 is 0 Å². The molecular weight excluding hydrogens is 332 g/mol. The van der Waals surface area contributed by atoms with Gasteiger partial charge < -0.3 is 20.1 Å². The van der Waals surface area contributed by atoms with Crippen LogP contribution in [0, 0.1) is 0 Å². The molecule has 7 heteroatoms. The number of rotatable bonds is 2. The molecule has 2 aromatic carbocycles. The van der Waals surface area contributed by atoms with Gasteiger partial charge in [0.15, 0.2) is 11.5 Å². The molecule has 2 N–H and O–H groups in total. The summed E-state index contributed by atoms with van der Waals surface area (Å²) in [5.74, 6) is 1.47. The van der Waals surface area contributed by atoms with Gasteiger partial charge in [-0.25, -0.2) is 4.79 Å². The normalized spacial score (nSPS) is 14.7. The van der Waals surface area contributed by atoms with Crippen LogP contribution in [0.2, 0.25) is 0 Å². The molecule has 0 unspecified atom stereocenters. The summed E-state index contributed by atoms with van der Waals surface area (Å²) in [7, 11) is 1.57. The third kappa shape index (κ3) is 2.99. The van der Waals surface area contributed by atoms with Crippen LogP contribution in [0.25, 0.3) is 0 Å². The molecule has 7 nitrogen and oxygen atoms in total. The molecule has 26 heavy (non-hydrogen) atoms. The zero-order valence-electron chi connectivity index (χ0n) is 14.5. The van der Waals surface area contributed by atoms with Gasteiger partial charge in [-0.3, -0.25) is 0 Å². The lowest BCUT2D eigenvalue weighted by molar-refractivity contribution is 0.174. The predicted molar refractivity (Wildman–Crippen MR) is 99.5 cm³/mol. The third-order valence-electron chi connectivity index (χ3n) is 4.26. The highest BCUT2D eigenvalue weighted by atomic mass is 16.7. The molecule has 2 amide bonds. The first kappa shape index (κ1) is 16.1. The summed E-state index contributed by atoms with van der Waals surface area (Å²) in [6, 6.07) is 11.2. The quantitative estimate of drug-likeness (QED) is 0.873. The number of nitrogens with zero attached hydrogens (tertiary/aromatic N) is 2. The number of carbonyl (C=O) groups is 1. The molecule has 2 heterocycles. The van der Waals surface area contributed by atoms with Crippen molar-refractivity contribution in [2.24, 2.45) is 10.2 Å². The molecule has 2 aliphatic rings. The lowest BCUT2D eigenvalue weighted by Gasteiger charge is -2.11. The van der Waals surface area contributed by atoms with E-state index in [1.165, 1.54) is 0 Å². The second kappa shape index (κ2) is 6.51. The van der Waals surface area contributed by atoms with Gasteiger partial charge in [0.2, 0.25) is 6.79 Å². The van der Waals surface area contributed by atoms with Crippen molar-refractivity contribution >= 4 is 23.1 Å². The molecule has 0 saturated heterocycles. The maximum absolute atomic E-state index is 11.4. The number of hydrogen-bond donors (Lipinski definition) is 2. The Bertz CT molecular complexity index is 933. The largest absolute Gasteiger partial charge is 0.454 e. The van der Waals surface area contributed by atoms with E-state index in [2.05, 4.69) is 20.8 Å². The number of nitrogens with one attached hydrogen (secondary N) is 2. The van der Waals surface area contributed by atoms with Crippen LogP contribution in [-0.2, 0) is 6.42 Å². The van der Waals surface area contributed by atoms with Crippen molar-refractivity contribution < 1.29 is 14.3 Å². The van der Waals surface area contributed by atoms with E-state index in [4.69, 9.17) is 9.47 Å². The number of carbonyl (C=O) groups excluding carboxylic acids is 1. The number of amides is 2. The van der Waals surface area contributed by atoms with E-state index in [0.717, 1.165) is 33.9 Å². The van der Waals surface area contributed by atoms with Gasteiger partial charge in [0.05, 0.1) is 0 Å². The molecular formula is C19H18N4O3. The zero-order chi connectivity index (χ0) is 18.1. The standard InChI is InChI=1S/C19H18N4O3/c1-11-7-13-8-16-17(26-10-25-16)9-15(13)18(23-22-11)12-3-5-14(6-4-12)21-19(24)20-2/h3-6,8-9H,7,10H2,1-2H3,(H2,20,21,24). The van der Waals surface area contributed by atoms with Crippen molar-refractivity contribution in [3.63, 3.8) is 0 Å². The highest BCUT2D eigenvalue weighted by Crippen LogP contribution is 2.36. The number of hydrogen-bond acceptors (Lipinski definition) is 5. The van der Waals surface area contributed by atoms with Crippen molar-refractivity contribution in [3.8, 4) is 11.5 Å². The highest BCUT2D eigenvalue weighted by Gasteiger charge is 2.22. The first-order valence-corrected chi connectivity index (χ1v) is 8.27. The van der Waals surface area contributed by atoms with Crippen LogP contribution in [0.1, 0.15) is 23.6 Å². The van der Waals surface area contributed by atoms with Crippen LogP contribution in [0.4, 0.5) is 10.5 Å². The average molecular weight is 350 g/mol. The van der Waals surface area contributed by atoms with E-state index in [1.54, 1.807) is 7.05 Å². The van der Waals surface area contributed by atoms with E-state index in [1.807, 2.05) is 43.3 Å². The maximum atomic E-state index is 11.4. The fourth-order valence-corrected chi connectivity index (χ4v) is 2.97. The average Bonchev–Trinajstić information content (AvgIpc) is 3.03. The highest BCUT2D eigenvalue weighted by molar-refractivity contribution is 6.15. The van der Waals surface area contributed by atoms with E-state index in [0.29, 0.717) is 17.9 Å². The summed E-state index contributed by atoms with van der Waals surface area (Å²) in [4.78, 5) is 11.4. The van der Waals surface area contributed by atoms with Gasteiger partial charge in [0, 0.05) is 36.0 Å². The molecule has 132 valence electrons. The minimum atomic E-state index is -0.261. The van der Waals surface area contributed by atoms with Crippen molar-refractivity contribution in [2.45, 2.75) is 13.3 Å². The van der Waals surface area contributed by atoms with E-state index in [9.17, 15) is 4.79 Å². The molecule has 0 radical (unpaired) electrons. The second-order valence-electron chi connectivity index (χ2n) is 6.10. The Hall–Kier alpha value is -3.35. The van der Waals surface area contributed by atoms with Crippen molar-refractivity contribution in [1.29, 1.82) is 0 Å². The zero-order valence-corrected chi connectivity index (χ0v) is 14.5. The molecule has 4 rings (SSSR count). The number of benzene rings is 2. The fraction of sp³-hybridized carbons (Fsp3) is 0.211. The van der Waals surface area contributed by atoms with Crippen molar-refractivity contribution in [2.75, 3.05) is 19.2 Å². The molecule has 2 aromatic rings. The smallest absolute Gasteiger partial charge is 0.318 e. The molecule has 0 spiro atoms. The molecule has 0 saturated carbocycles. The van der Waals surface area contributed by atoms with Crippen LogP contribution >= 0.6 is 0 Å². The number of anilines is 1. The van der Waals surface area contributed by atoms with E-state index >= 15 is 0 Å². The molecule has 0 aromatic heterocycles. The van der Waals surface area contributed by atoms with Crippen LogP contribution in [0.3, 0.4) is 0 Å². The summed E-state index contributed by atoms with van der Waals surface area (Å²) in [6.07, 6.45) is 0.704. The molecule has 0 atom stereocenters. The lowest BCUT2D eigenvalue weighted by Crippen LogP contribution is -2.24. The molecule has 0 fully saturated rings. The summed E-state index contributed by atoms with van der Waals surface area (Å²) < 4.78 is 11.0. The Labute approximate surface area is 150 Å². The van der Waals surface area contributed by atoms with Crippen molar-refractivity contribution in [3.05, 3.63) is 53.1 Å². The molecule has 0 aliphatic carbocycles. The Morgan fingerprint density at radius 2 is 1.81 bits per heavy atom. The van der Waals surface area contributed by atoms with Gasteiger partial charge in [-0.2, -0.15) is 5.10 Å². The van der Waals surface area contributed by atoms with Gasteiger partial charge in [-0.15, -0.1) is 5.10 Å². The van der Waals surface area contributed by atoms with Gasteiger partial charge in [0.25, 0.3) is 0 Å². The SMILES string of the molecule is CNC(=O)Nc1ccc(C2=NN=C(C)Cc3cc4c(cc32)OCO4)cc1. The van der Waals surface area contributed by atoms with Crippen LogP contribution < -0.4 is 20.1 Å². The first-order valence-electron chi connectivity index (χ1n) is 8.27. The number of fused-ring (bicyclic) bond motifs is 2. The Morgan fingerprint density at radius 1 is 1.08 bits per heavy atom. The molecule has 0 bridgehead atoms. The summed E-state index contributed by atoms with van der Waals surface area (Å²) >= 11 is 0. The van der Waals surface area contributed by atoms with Crippen LogP contribution in [-0.4, -0.2) is 31.3 Å². The Balaban J connectivity index is 1.73. The van der Waals surface area contributed by atoms with Gasteiger partial charge in [0.1, 0.15) is 5.71 Å². The molecule has 2 aliphatic heterocycles. The second-order valence-corrected chi connectivity index (χ2v) is 6.10. The van der Waals surface area contributed by atoms with Crippen molar-refractivity contribution in [1.82, 2.24) is 5.32 Å². The summed E-state index contributed by atoms with van der Waals surface area (Å²) in [6.45, 7) is 2.19.